The van der Waals surface area contributed by atoms with Crippen molar-refractivity contribution in [1.82, 2.24) is 0 Å². The molecule has 0 bridgehead atoms. The van der Waals surface area contributed by atoms with Crippen molar-refractivity contribution in [2.75, 3.05) is 4.90 Å². The summed E-state index contributed by atoms with van der Waals surface area (Å²) >= 11 is 0. The minimum Gasteiger partial charge on any atom is -0.456 e. The van der Waals surface area contributed by atoms with E-state index in [0.29, 0.717) is 0 Å². The summed E-state index contributed by atoms with van der Waals surface area (Å²) in [7, 11) is 0. The Labute approximate surface area is 318 Å². The van der Waals surface area contributed by atoms with Gasteiger partial charge in [0.25, 0.3) is 0 Å². The first kappa shape index (κ1) is 32.8. The molecule has 1 heterocycles. The molecule has 10 rings (SSSR count). The Morgan fingerprint density at radius 1 is 0.444 bits per heavy atom. The first-order valence-corrected chi connectivity index (χ1v) is 19.3. The maximum absolute atomic E-state index is 6.72. The molecule has 2 heteroatoms. The molecule has 0 saturated heterocycles. The zero-order chi connectivity index (χ0) is 37.1. The van der Waals surface area contributed by atoms with Gasteiger partial charge in [0.05, 0.1) is 0 Å². The predicted molar refractivity (Wildman–Crippen MR) is 228 cm³/mol. The van der Waals surface area contributed by atoms with E-state index in [1.807, 2.05) is 0 Å². The van der Waals surface area contributed by atoms with E-state index in [-0.39, 0.29) is 16.2 Å². The predicted octanol–water partition coefficient (Wildman–Crippen LogP) is 14.6. The molecule has 0 spiro atoms. The third-order valence-electron chi connectivity index (χ3n) is 12.4. The molecule has 1 aromatic heterocycles. The summed E-state index contributed by atoms with van der Waals surface area (Å²) in [6.45, 7) is 16.2. The third-order valence-corrected chi connectivity index (χ3v) is 12.4. The monoisotopic (exact) mass is 699 g/mol. The van der Waals surface area contributed by atoms with Crippen molar-refractivity contribution in [2.24, 2.45) is 0 Å². The Bertz CT molecular complexity index is 2790. The number of hydrogen-bond donors (Lipinski definition) is 0. The van der Waals surface area contributed by atoms with Crippen LogP contribution in [0, 0.1) is 0 Å². The van der Waals surface area contributed by atoms with Crippen LogP contribution in [0.4, 0.5) is 17.1 Å². The summed E-state index contributed by atoms with van der Waals surface area (Å²) < 4.78 is 6.72. The molecule has 0 saturated carbocycles. The van der Waals surface area contributed by atoms with Crippen LogP contribution in [0.2, 0.25) is 0 Å². The fourth-order valence-corrected chi connectivity index (χ4v) is 9.45. The van der Waals surface area contributed by atoms with Crippen LogP contribution in [0.1, 0.15) is 76.3 Å². The van der Waals surface area contributed by atoms with Gasteiger partial charge in [-0.05, 0) is 110 Å². The normalized spacial score (nSPS) is 14.9. The van der Waals surface area contributed by atoms with Crippen LogP contribution in [-0.4, -0.2) is 0 Å². The summed E-state index contributed by atoms with van der Waals surface area (Å²) in [5, 5.41) is 2.37. The van der Waals surface area contributed by atoms with Crippen LogP contribution in [0.5, 0.6) is 0 Å². The van der Waals surface area contributed by atoms with Gasteiger partial charge in [-0.1, -0.05) is 146 Å². The molecule has 8 aromatic rings. The summed E-state index contributed by atoms with van der Waals surface area (Å²) in [5.41, 5.74) is 19.4. The number of furan rings is 1. The van der Waals surface area contributed by atoms with Gasteiger partial charge in [-0.2, -0.15) is 0 Å². The van der Waals surface area contributed by atoms with Crippen LogP contribution in [-0.2, 0) is 16.2 Å². The highest BCUT2D eigenvalue weighted by atomic mass is 16.3. The summed E-state index contributed by atoms with van der Waals surface area (Å²) in [5.74, 6) is 0. The van der Waals surface area contributed by atoms with E-state index in [1.165, 1.54) is 72.0 Å². The van der Waals surface area contributed by atoms with Gasteiger partial charge in [0.1, 0.15) is 11.2 Å². The van der Waals surface area contributed by atoms with Crippen molar-refractivity contribution in [2.45, 2.75) is 64.7 Å². The molecule has 0 aliphatic heterocycles. The van der Waals surface area contributed by atoms with E-state index in [4.69, 9.17) is 4.42 Å². The van der Waals surface area contributed by atoms with Gasteiger partial charge in [0.2, 0.25) is 0 Å². The Balaban J connectivity index is 1.13. The van der Waals surface area contributed by atoms with Gasteiger partial charge in [0, 0.05) is 44.2 Å². The van der Waals surface area contributed by atoms with Crippen LogP contribution in [0.25, 0.3) is 55.3 Å². The second-order valence-corrected chi connectivity index (χ2v) is 17.4. The molecule has 7 aromatic carbocycles. The first-order valence-electron chi connectivity index (χ1n) is 19.3. The number of para-hydroxylation sites is 1. The topological polar surface area (TPSA) is 16.4 Å². The Morgan fingerprint density at radius 3 is 1.69 bits per heavy atom. The average molecular weight is 700 g/mol. The number of hydrogen-bond acceptors (Lipinski definition) is 2. The molecule has 2 nitrogen and oxygen atoms in total. The zero-order valence-electron chi connectivity index (χ0n) is 32.2. The maximum atomic E-state index is 6.72. The van der Waals surface area contributed by atoms with Crippen LogP contribution in [0.15, 0.2) is 150 Å². The molecule has 54 heavy (non-hydrogen) atoms. The summed E-state index contributed by atoms with van der Waals surface area (Å²) in [4.78, 5) is 2.45. The van der Waals surface area contributed by atoms with E-state index < -0.39 is 0 Å². The van der Waals surface area contributed by atoms with Crippen LogP contribution < -0.4 is 4.90 Å². The smallest absolute Gasteiger partial charge is 0.139 e. The highest BCUT2D eigenvalue weighted by Gasteiger charge is 2.38. The lowest BCUT2D eigenvalue weighted by molar-refractivity contribution is 0.572. The van der Waals surface area contributed by atoms with Gasteiger partial charge in [-0.15, -0.1) is 0 Å². The number of nitrogens with zero attached hydrogens (tertiary/aromatic N) is 1. The van der Waals surface area contributed by atoms with E-state index >= 15 is 0 Å². The molecule has 264 valence electrons. The summed E-state index contributed by atoms with van der Waals surface area (Å²) in [6.07, 6.45) is 0. The minimum absolute atomic E-state index is 0.00923. The standard InChI is InChI=1S/C52H45NO/c1-50(2,3)44-19-13-17-40-42-30-41-39-27-25-36(29-46(39)52(6,7)47(41)31-48(42)54-49(40)44)53(34-22-20-33(21-23-34)32-14-9-8-10-15-32)35-24-26-38-37-16-11-12-18-43(37)51(4,5)45(38)28-35/h8-31H,1-7H3. The van der Waals surface area contributed by atoms with Crippen molar-refractivity contribution in [3.05, 3.63) is 173 Å². The molecular formula is C52H45NO. The Hall–Kier alpha value is -5.86. The lowest BCUT2D eigenvalue weighted by atomic mass is 9.82. The van der Waals surface area contributed by atoms with Crippen LogP contribution in [0.3, 0.4) is 0 Å². The molecule has 2 aliphatic rings. The van der Waals surface area contributed by atoms with Crippen molar-refractivity contribution < 1.29 is 4.42 Å². The lowest BCUT2D eigenvalue weighted by Gasteiger charge is -2.30. The van der Waals surface area contributed by atoms with E-state index in [0.717, 1.165) is 28.2 Å². The molecule has 0 unspecified atom stereocenters. The van der Waals surface area contributed by atoms with Gasteiger partial charge in [-0.3, -0.25) is 0 Å². The maximum Gasteiger partial charge on any atom is 0.139 e. The van der Waals surface area contributed by atoms with E-state index in [1.54, 1.807) is 0 Å². The van der Waals surface area contributed by atoms with E-state index in [9.17, 15) is 0 Å². The average Bonchev–Trinajstić information content (AvgIpc) is 3.73. The van der Waals surface area contributed by atoms with Gasteiger partial charge in [-0.25, -0.2) is 0 Å². The summed E-state index contributed by atoms with van der Waals surface area (Å²) in [6, 6.07) is 54.0. The fraction of sp³-hybridized carbons (Fsp3) is 0.192. The SMILES string of the molecule is CC(C)(C)c1cccc2c1oc1cc3c(cc12)-c1ccc(N(c2ccc(-c4ccccc4)cc2)c2ccc4c(c2)C(C)(C)c2ccccc2-4)cc1C3(C)C. The first-order chi connectivity index (χ1) is 25.9. The lowest BCUT2D eigenvalue weighted by Crippen LogP contribution is -2.18. The molecule has 0 amide bonds. The van der Waals surface area contributed by atoms with Gasteiger partial charge in [0.15, 0.2) is 0 Å². The van der Waals surface area contributed by atoms with Gasteiger partial charge >= 0.3 is 0 Å². The Morgan fingerprint density at radius 2 is 1.00 bits per heavy atom. The highest BCUT2D eigenvalue weighted by Crippen LogP contribution is 2.54. The van der Waals surface area contributed by atoms with Crippen molar-refractivity contribution >= 4 is 39.0 Å². The number of anilines is 3. The second-order valence-electron chi connectivity index (χ2n) is 17.4. The molecule has 0 radical (unpaired) electrons. The molecule has 0 atom stereocenters. The van der Waals surface area contributed by atoms with Gasteiger partial charge < -0.3 is 9.32 Å². The van der Waals surface area contributed by atoms with E-state index in [2.05, 4.69) is 199 Å². The quantitative estimate of drug-likeness (QED) is 0.182. The fourth-order valence-electron chi connectivity index (χ4n) is 9.45. The third kappa shape index (κ3) is 4.72. The number of rotatable bonds is 4. The van der Waals surface area contributed by atoms with Crippen molar-refractivity contribution in [3.8, 4) is 33.4 Å². The number of fused-ring (bicyclic) bond motifs is 9. The number of benzene rings is 7. The Kier molecular flexibility index (Phi) is 6.87. The second kappa shape index (κ2) is 11.3. The zero-order valence-corrected chi connectivity index (χ0v) is 32.2. The minimum atomic E-state index is -0.217. The highest BCUT2D eigenvalue weighted by molar-refractivity contribution is 6.09. The largest absolute Gasteiger partial charge is 0.456 e. The molecule has 0 fully saturated rings. The molecule has 2 aliphatic carbocycles. The van der Waals surface area contributed by atoms with Crippen molar-refractivity contribution in [3.63, 3.8) is 0 Å². The molecular weight excluding hydrogens is 655 g/mol. The molecule has 0 N–H and O–H groups in total. The van der Waals surface area contributed by atoms with Crippen molar-refractivity contribution in [1.29, 1.82) is 0 Å². The van der Waals surface area contributed by atoms with Crippen LogP contribution >= 0.6 is 0 Å².